The Kier molecular flexibility index (Phi) is 4.73. The molecule has 0 fully saturated rings. The summed E-state index contributed by atoms with van der Waals surface area (Å²) in [4.78, 5) is 17.9. The predicted molar refractivity (Wildman–Crippen MR) is 115 cm³/mol. The molecular formula is C23H17BrN2O. The fourth-order valence-corrected chi connectivity index (χ4v) is 3.21. The molecule has 4 heteroatoms. The van der Waals surface area contributed by atoms with Gasteiger partial charge in [-0.1, -0.05) is 64.0 Å². The van der Waals surface area contributed by atoms with Crippen LogP contribution in [0.15, 0.2) is 82.1 Å². The van der Waals surface area contributed by atoms with Crippen LogP contribution >= 0.6 is 15.9 Å². The Balaban J connectivity index is 1.92. The van der Waals surface area contributed by atoms with Gasteiger partial charge in [0, 0.05) is 4.47 Å². The van der Waals surface area contributed by atoms with Crippen molar-refractivity contribution in [2.45, 2.75) is 6.92 Å². The molecule has 0 aliphatic carbocycles. The first kappa shape index (κ1) is 17.4. The predicted octanol–water partition coefficient (Wildman–Crippen LogP) is 5.63. The molecule has 0 saturated carbocycles. The second-order valence-electron chi connectivity index (χ2n) is 6.35. The van der Waals surface area contributed by atoms with E-state index in [0.717, 1.165) is 21.3 Å². The van der Waals surface area contributed by atoms with E-state index in [1.165, 1.54) is 0 Å². The molecule has 3 aromatic carbocycles. The van der Waals surface area contributed by atoms with Crippen molar-refractivity contribution in [1.82, 2.24) is 9.55 Å². The fraction of sp³-hybridized carbons (Fsp3) is 0.0435. The third kappa shape index (κ3) is 3.62. The van der Waals surface area contributed by atoms with Gasteiger partial charge in [-0.15, -0.1) is 0 Å². The van der Waals surface area contributed by atoms with E-state index in [0.29, 0.717) is 16.7 Å². The summed E-state index contributed by atoms with van der Waals surface area (Å²) in [5.41, 5.74) is 3.61. The second-order valence-corrected chi connectivity index (χ2v) is 7.26. The van der Waals surface area contributed by atoms with Crippen molar-refractivity contribution in [2.75, 3.05) is 0 Å². The maximum Gasteiger partial charge on any atom is 0.266 e. The number of aryl methyl sites for hydroxylation is 1. The van der Waals surface area contributed by atoms with Gasteiger partial charge >= 0.3 is 0 Å². The summed E-state index contributed by atoms with van der Waals surface area (Å²) in [5.74, 6) is 0.602. The second kappa shape index (κ2) is 7.33. The molecule has 132 valence electrons. The fourth-order valence-electron chi connectivity index (χ4n) is 2.95. The van der Waals surface area contributed by atoms with E-state index in [-0.39, 0.29) is 5.56 Å². The van der Waals surface area contributed by atoms with Gasteiger partial charge in [-0.25, -0.2) is 4.98 Å². The number of benzene rings is 3. The molecule has 0 atom stereocenters. The average Bonchev–Trinajstić information content (AvgIpc) is 2.69. The number of rotatable bonds is 3. The van der Waals surface area contributed by atoms with Crippen LogP contribution in [-0.4, -0.2) is 9.55 Å². The quantitative estimate of drug-likeness (QED) is 0.433. The number of halogens is 1. The summed E-state index contributed by atoms with van der Waals surface area (Å²) in [6, 6.07) is 23.3. The smallest absolute Gasteiger partial charge is 0.266 e. The Morgan fingerprint density at radius 1 is 0.889 bits per heavy atom. The Hall–Kier alpha value is -2.98. The van der Waals surface area contributed by atoms with E-state index in [4.69, 9.17) is 4.98 Å². The molecule has 0 spiro atoms. The first-order valence-corrected chi connectivity index (χ1v) is 9.43. The Bertz CT molecular complexity index is 1190. The van der Waals surface area contributed by atoms with E-state index < -0.39 is 0 Å². The maximum atomic E-state index is 13.2. The molecule has 3 nitrogen and oxygen atoms in total. The van der Waals surface area contributed by atoms with Crippen LogP contribution in [0.25, 0.3) is 28.7 Å². The first-order chi connectivity index (χ1) is 13.1. The molecule has 1 aromatic heterocycles. The summed E-state index contributed by atoms with van der Waals surface area (Å²) in [5, 5.41) is 0.610. The van der Waals surface area contributed by atoms with Crippen LogP contribution in [0.4, 0.5) is 0 Å². The highest BCUT2D eigenvalue weighted by Gasteiger charge is 2.10. The molecule has 27 heavy (non-hydrogen) atoms. The molecule has 4 rings (SSSR count). The summed E-state index contributed by atoms with van der Waals surface area (Å²) >= 11 is 3.44. The highest BCUT2D eigenvalue weighted by molar-refractivity contribution is 9.10. The minimum absolute atomic E-state index is 0.0695. The van der Waals surface area contributed by atoms with Crippen LogP contribution in [0.3, 0.4) is 0 Å². The van der Waals surface area contributed by atoms with Gasteiger partial charge in [-0.2, -0.15) is 0 Å². The normalized spacial score (nSPS) is 11.3. The molecule has 4 aromatic rings. The lowest BCUT2D eigenvalue weighted by atomic mass is 10.2. The van der Waals surface area contributed by atoms with E-state index >= 15 is 0 Å². The van der Waals surface area contributed by atoms with Gasteiger partial charge in [0.1, 0.15) is 5.82 Å². The number of hydrogen-bond donors (Lipinski definition) is 0. The Morgan fingerprint density at radius 3 is 2.33 bits per heavy atom. The van der Waals surface area contributed by atoms with E-state index in [2.05, 4.69) is 15.9 Å². The molecule has 0 aliphatic rings. The molecule has 0 amide bonds. The van der Waals surface area contributed by atoms with Crippen LogP contribution in [0, 0.1) is 6.92 Å². The lowest BCUT2D eigenvalue weighted by molar-refractivity contribution is 0.943. The van der Waals surface area contributed by atoms with Gasteiger partial charge in [0.15, 0.2) is 0 Å². The molecule has 0 bridgehead atoms. The number of aromatic nitrogens is 2. The topological polar surface area (TPSA) is 34.9 Å². The zero-order valence-electron chi connectivity index (χ0n) is 14.8. The zero-order valence-corrected chi connectivity index (χ0v) is 16.3. The van der Waals surface area contributed by atoms with Crippen LogP contribution < -0.4 is 5.56 Å². The Labute approximate surface area is 165 Å². The van der Waals surface area contributed by atoms with Crippen molar-refractivity contribution in [3.8, 4) is 5.69 Å². The van der Waals surface area contributed by atoms with Crippen molar-refractivity contribution >= 4 is 39.0 Å². The van der Waals surface area contributed by atoms with Crippen molar-refractivity contribution < 1.29 is 0 Å². The molecule has 0 saturated heterocycles. The van der Waals surface area contributed by atoms with Crippen LogP contribution in [-0.2, 0) is 0 Å². The molecular weight excluding hydrogens is 400 g/mol. The summed E-state index contributed by atoms with van der Waals surface area (Å²) < 4.78 is 2.69. The third-order valence-electron chi connectivity index (χ3n) is 4.39. The van der Waals surface area contributed by atoms with Crippen molar-refractivity contribution in [2.24, 2.45) is 0 Å². The molecule has 0 aliphatic heterocycles. The highest BCUT2D eigenvalue weighted by Crippen LogP contribution is 2.17. The summed E-state index contributed by atoms with van der Waals surface area (Å²) in [6.45, 7) is 2.03. The van der Waals surface area contributed by atoms with Gasteiger partial charge in [0.2, 0.25) is 0 Å². The van der Waals surface area contributed by atoms with Crippen molar-refractivity contribution in [1.29, 1.82) is 0 Å². The highest BCUT2D eigenvalue weighted by atomic mass is 79.9. The lowest BCUT2D eigenvalue weighted by Crippen LogP contribution is -2.22. The molecule has 0 radical (unpaired) electrons. The lowest BCUT2D eigenvalue weighted by Gasteiger charge is -2.11. The van der Waals surface area contributed by atoms with Crippen LogP contribution in [0.2, 0.25) is 0 Å². The number of fused-ring (bicyclic) bond motifs is 1. The molecule has 1 heterocycles. The maximum absolute atomic E-state index is 13.2. The van der Waals surface area contributed by atoms with Gasteiger partial charge in [0.25, 0.3) is 5.56 Å². The number of nitrogens with zero attached hydrogens (tertiary/aromatic N) is 2. The Morgan fingerprint density at radius 2 is 1.59 bits per heavy atom. The third-order valence-corrected chi connectivity index (χ3v) is 4.92. The van der Waals surface area contributed by atoms with Crippen molar-refractivity contribution in [3.05, 3.63) is 105 Å². The average molecular weight is 417 g/mol. The minimum atomic E-state index is -0.0695. The van der Waals surface area contributed by atoms with Gasteiger partial charge in [-0.3, -0.25) is 9.36 Å². The van der Waals surface area contributed by atoms with E-state index in [9.17, 15) is 4.79 Å². The van der Waals surface area contributed by atoms with Crippen LogP contribution in [0.5, 0.6) is 0 Å². The van der Waals surface area contributed by atoms with E-state index in [1.54, 1.807) is 4.57 Å². The monoisotopic (exact) mass is 416 g/mol. The zero-order chi connectivity index (χ0) is 18.8. The number of para-hydroxylation sites is 1. The van der Waals surface area contributed by atoms with Gasteiger partial charge in [0.05, 0.1) is 16.6 Å². The standard InChI is InChI=1S/C23H17BrN2O/c1-16-6-13-19(14-7-16)26-22(15-10-17-8-11-18(24)12-9-17)25-21-5-3-2-4-20(21)23(26)27/h2-15H,1H3. The SMILES string of the molecule is Cc1ccc(-n2c(C=Cc3ccc(Br)cc3)nc3ccccc3c2=O)cc1. The number of hydrogen-bond acceptors (Lipinski definition) is 2. The summed E-state index contributed by atoms with van der Waals surface area (Å²) in [7, 11) is 0. The summed E-state index contributed by atoms with van der Waals surface area (Å²) in [6.07, 6.45) is 3.85. The molecule has 0 unspecified atom stereocenters. The van der Waals surface area contributed by atoms with Gasteiger partial charge < -0.3 is 0 Å². The molecule has 0 N–H and O–H groups in total. The van der Waals surface area contributed by atoms with Crippen LogP contribution in [0.1, 0.15) is 17.0 Å². The largest absolute Gasteiger partial charge is 0.268 e. The van der Waals surface area contributed by atoms with Gasteiger partial charge in [-0.05, 0) is 55.0 Å². The minimum Gasteiger partial charge on any atom is -0.268 e. The van der Waals surface area contributed by atoms with Crippen molar-refractivity contribution in [3.63, 3.8) is 0 Å². The first-order valence-electron chi connectivity index (χ1n) is 8.64. The van der Waals surface area contributed by atoms with E-state index in [1.807, 2.05) is 91.9 Å².